The Balaban J connectivity index is 1.29. The van der Waals surface area contributed by atoms with Gasteiger partial charge in [0.15, 0.2) is 11.5 Å². The second-order valence-electron chi connectivity index (χ2n) is 7.32. The highest BCUT2D eigenvalue weighted by Crippen LogP contribution is 2.32. The predicted molar refractivity (Wildman–Crippen MR) is 109 cm³/mol. The van der Waals surface area contributed by atoms with Crippen molar-refractivity contribution in [2.24, 2.45) is 0 Å². The van der Waals surface area contributed by atoms with Crippen molar-refractivity contribution < 1.29 is 14.3 Å². The topological polar surface area (TPSA) is 77.8 Å². The predicted octanol–water partition coefficient (Wildman–Crippen LogP) is 2.43. The lowest BCUT2D eigenvalue weighted by Gasteiger charge is -2.37. The molecule has 0 radical (unpaired) electrons. The number of carbonyl (C=O) groups is 1. The van der Waals surface area contributed by atoms with Crippen molar-refractivity contribution in [3.05, 3.63) is 53.6 Å². The highest BCUT2D eigenvalue weighted by Gasteiger charge is 2.26. The molecule has 2 aromatic rings. The van der Waals surface area contributed by atoms with E-state index in [-0.39, 0.29) is 18.7 Å². The highest BCUT2D eigenvalue weighted by molar-refractivity contribution is 5.95. The number of piperazine rings is 1. The number of rotatable bonds is 5. The second kappa shape index (κ2) is 8.52. The van der Waals surface area contributed by atoms with Gasteiger partial charge in [-0.15, -0.1) is 0 Å². The Labute approximate surface area is 170 Å². The first kappa shape index (κ1) is 19.2. The van der Waals surface area contributed by atoms with Gasteiger partial charge in [0.05, 0.1) is 17.3 Å². The molecule has 1 N–H and O–H groups in total. The van der Waals surface area contributed by atoms with Gasteiger partial charge in [-0.05, 0) is 36.8 Å². The van der Waals surface area contributed by atoms with Gasteiger partial charge in [0, 0.05) is 32.7 Å². The van der Waals surface area contributed by atoms with Gasteiger partial charge in [0.1, 0.15) is 6.07 Å². The standard InChI is InChI=1S/C22H24N4O3/c1-16(22(27)24-19-5-3-2-4-18(19)13-23)26-10-8-25(9-11-26)14-17-6-7-20-21(12-17)29-15-28-20/h2-7,12,16H,8-11,14-15H2,1H3,(H,24,27)/t16-/m0/s1. The number of hydrogen-bond donors (Lipinski definition) is 1. The molecule has 2 heterocycles. The van der Waals surface area contributed by atoms with Crippen LogP contribution in [0.1, 0.15) is 18.1 Å². The van der Waals surface area contributed by atoms with E-state index in [1.54, 1.807) is 18.2 Å². The normalized spacial score (nSPS) is 17.5. The highest BCUT2D eigenvalue weighted by atomic mass is 16.7. The van der Waals surface area contributed by atoms with Gasteiger partial charge in [-0.2, -0.15) is 5.26 Å². The van der Waals surface area contributed by atoms with Crippen LogP contribution < -0.4 is 14.8 Å². The number of ether oxygens (including phenoxy) is 2. The van der Waals surface area contributed by atoms with Gasteiger partial charge in [0.2, 0.25) is 12.7 Å². The van der Waals surface area contributed by atoms with Crippen molar-refractivity contribution >= 4 is 11.6 Å². The summed E-state index contributed by atoms with van der Waals surface area (Å²) in [5.41, 5.74) is 2.23. The van der Waals surface area contributed by atoms with Crippen LogP contribution in [-0.4, -0.2) is 54.7 Å². The van der Waals surface area contributed by atoms with E-state index in [1.165, 1.54) is 5.56 Å². The maximum absolute atomic E-state index is 12.7. The lowest BCUT2D eigenvalue weighted by molar-refractivity contribution is -0.121. The van der Waals surface area contributed by atoms with Gasteiger partial charge in [-0.25, -0.2) is 0 Å². The minimum Gasteiger partial charge on any atom is -0.454 e. The Morgan fingerprint density at radius 2 is 1.90 bits per heavy atom. The number of para-hydroxylation sites is 1. The number of anilines is 1. The number of nitrogens with zero attached hydrogens (tertiary/aromatic N) is 3. The molecule has 1 atom stereocenters. The molecule has 0 bridgehead atoms. The van der Waals surface area contributed by atoms with E-state index in [2.05, 4.69) is 27.3 Å². The molecule has 1 saturated heterocycles. The van der Waals surface area contributed by atoms with Crippen molar-refractivity contribution in [1.29, 1.82) is 5.26 Å². The van der Waals surface area contributed by atoms with Crippen LogP contribution in [0, 0.1) is 11.3 Å². The van der Waals surface area contributed by atoms with Crippen molar-refractivity contribution in [3.8, 4) is 17.6 Å². The molecule has 2 aliphatic heterocycles. The van der Waals surface area contributed by atoms with Crippen molar-refractivity contribution in [2.45, 2.75) is 19.5 Å². The molecule has 29 heavy (non-hydrogen) atoms. The van der Waals surface area contributed by atoms with Crippen molar-refractivity contribution in [2.75, 3.05) is 38.3 Å². The summed E-state index contributed by atoms with van der Waals surface area (Å²) in [7, 11) is 0. The molecule has 150 valence electrons. The molecular formula is C22H24N4O3. The van der Waals surface area contributed by atoms with Crippen LogP contribution in [0.25, 0.3) is 0 Å². The minimum absolute atomic E-state index is 0.0862. The van der Waals surface area contributed by atoms with E-state index < -0.39 is 0 Å². The fourth-order valence-electron chi connectivity index (χ4n) is 3.70. The summed E-state index contributed by atoms with van der Waals surface area (Å²) in [5.74, 6) is 1.53. The average Bonchev–Trinajstić information content (AvgIpc) is 3.22. The number of nitriles is 1. The summed E-state index contributed by atoms with van der Waals surface area (Å²) in [6.45, 7) is 6.47. The Morgan fingerprint density at radius 1 is 1.14 bits per heavy atom. The van der Waals surface area contributed by atoms with Crippen molar-refractivity contribution in [1.82, 2.24) is 9.80 Å². The van der Waals surface area contributed by atoms with E-state index in [0.29, 0.717) is 11.3 Å². The number of amides is 1. The van der Waals surface area contributed by atoms with Crippen LogP contribution in [0.4, 0.5) is 5.69 Å². The zero-order chi connectivity index (χ0) is 20.2. The third-order valence-electron chi connectivity index (χ3n) is 5.48. The van der Waals surface area contributed by atoms with Crippen LogP contribution >= 0.6 is 0 Å². The Hall–Kier alpha value is -3.08. The molecule has 4 rings (SSSR count). The number of carbonyl (C=O) groups excluding carboxylic acids is 1. The SMILES string of the molecule is C[C@@H](C(=O)Nc1ccccc1C#N)N1CCN(Cc2ccc3c(c2)OCO3)CC1. The minimum atomic E-state index is -0.255. The molecule has 0 aromatic heterocycles. The summed E-state index contributed by atoms with van der Waals surface area (Å²) in [5, 5.41) is 12.1. The number of benzene rings is 2. The van der Waals surface area contributed by atoms with E-state index >= 15 is 0 Å². The largest absolute Gasteiger partial charge is 0.454 e. The molecule has 1 amide bonds. The fraction of sp³-hybridized carbons (Fsp3) is 0.364. The molecule has 2 aromatic carbocycles. The van der Waals surface area contributed by atoms with Crippen LogP contribution in [0.2, 0.25) is 0 Å². The Morgan fingerprint density at radius 3 is 2.69 bits per heavy atom. The first-order chi connectivity index (χ1) is 14.1. The quantitative estimate of drug-likeness (QED) is 0.842. The van der Waals surface area contributed by atoms with Crippen LogP contribution in [0.15, 0.2) is 42.5 Å². The number of hydrogen-bond acceptors (Lipinski definition) is 6. The first-order valence-corrected chi connectivity index (χ1v) is 9.79. The molecule has 2 aliphatic rings. The molecule has 0 unspecified atom stereocenters. The van der Waals surface area contributed by atoms with Gasteiger partial charge in [-0.1, -0.05) is 18.2 Å². The van der Waals surface area contributed by atoms with Gasteiger partial charge < -0.3 is 14.8 Å². The third-order valence-corrected chi connectivity index (χ3v) is 5.48. The lowest BCUT2D eigenvalue weighted by atomic mass is 10.1. The molecule has 7 nitrogen and oxygen atoms in total. The smallest absolute Gasteiger partial charge is 0.241 e. The molecule has 0 saturated carbocycles. The monoisotopic (exact) mass is 392 g/mol. The van der Waals surface area contributed by atoms with E-state index in [9.17, 15) is 10.1 Å². The summed E-state index contributed by atoms with van der Waals surface area (Å²) < 4.78 is 10.8. The number of nitrogens with one attached hydrogen (secondary N) is 1. The van der Waals surface area contributed by atoms with Gasteiger partial charge in [0.25, 0.3) is 0 Å². The lowest BCUT2D eigenvalue weighted by Crippen LogP contribution is -2.52. The molecule has 0 aliphatic carbocycles. The summed E-state index contributed by atoms with van der Waals surface area (Å²) in [6, 6.07) is 15.0. The van der Waals surface area contributed by atoms with E-state index in [1.807, 2.05) is 25.1 Å². The molecule has 7 heteroatoms. The van der Waals surface area contributed by atoms with Crippen molar-refractivity contribution in [3.63, 3.8) is 0 Å². The molecular weight excluding hydrogens is 368 g/mol. The van der Waals surface area contributed by atoms with E-state index in [4.69, 9.17) is 9.47 Å². The Kier molecular flexibility index (Phi) is 5.65. The summed E-state index contributed by atoms with van der Waals surface area (Å²) in [6.07, 6.45) is 0. The zero-order valence-electron chi connectivity index (χ0n) is 16.4. The second-order valence-corrected chi connectivity index (χ2v) is 7.32. The van der Waals surface area contributed by atoms with Gasteiger partial charge >= 0.3 is 0 Å². The average molecular weight is 392 g/mol. The fourth-order valence-corrected chi connectivity index (χ4v) is 3.70. The van der Waals surface area contributed by atoms with Crippen LogP contribution in [0.3, 0.4) is 0 Å². The third kappa shape index (κ3) is 4.34. The Bertz CT molecular complexity index is 932. The number of fused-ring (bicyclic) bond motifs is 1. The molecule has 0 spiro atoms. The maximum atomic E-state index is 12.7. The van der Waals surface area contributed by atoms with Crippen LogP contribution in [-0.2, 0) is 11.3 Å². The van der Waals surface area contributed by atoms with Crippen LogP contribution in [0.5, 0.6) is 11.5 Å². The zero-order valence-corrected chi connectivity index (χ0v) is 16.4. The van der Waals surface area contributed by atoms with E-state index in [0.717, 1.165) is 44.2 Å². The first-order valence-electron chi connectivity index (χ1n) is 9.79. The summed E-state index contributed by atoms with van der Waals surface area (Å²) >= 11 is 0. The van der Waals surface area contributed by atoms with Gasteiger partial charge in [-0.3, -0.25) is 14.6 Å². The summed E-state index contributed by atoms with van der Waals surface area (Å²) in [4.78, 5) is 17.2. The maximum Gasteiger partial charge on any atom is 0.241 e. The molecule has 1 fully saturated rings.